The fourth-order valence-corrected chi connectivity index (χ4v) is 1.66. The van der Waals surface area contributed by atoms with E-state index < -0.39 is 0 Å². The van der Waals surface area contributed by atoms with Crippen LogP contribution in [0, 0.1) is 0 Å². The van der Waals surface area contributed by atoms with Crippen LogP contribution < -0.4 is 0 Å². The predicted molar refractivity (Wildman–Crippen MR) is 76.8 cm³/mol. The molecule has 0 bridgehead atoms. The Hall–Kier alpha value is -1.47. The number of hydrogen-bond donors (Lipinski definition) is 0. The van der Waals surface area contributed by atoms with Crippen molar-refractivity contribution in [2.75, 3.05) is 33.9 Å². The normalized spacial score (nSPS) is 11.9. The average molecular weight is 299 g/mol. The van der Waals surface area contributed by atoms with Gasteiger partial charge in [-0.25, -0.2) is 0 Å². The molecule has 1 aromatic rings. The molecule has 0 aliphatic carbocycles. The number of carbonyl (C=O) groups is 1. The van der Waals surface area contributed by atoms with Gasteiger partial charge in [-0.15, -0.1) is 0 Å². The highest BCUT2D eigenvalue weighted by Crippen LogP contribution is 2.18. The van der Waals surface area contributed by atoms with Gasteiger partial charge in [0, 0.05) is 25.6 Å². The highest BCUT2D eigenvalue weighted by Gasteiger charge is 2.22. The summed E-state index contributed by atoms with van der Waals surface area (Å²) in [7, 11) is 3.03. The molecule has 0 amide bonds. The van der Waals surface area contributed by atoms with E-state index in [1.54, 1.807) is 7.11 Å². The van der Waals surface area contributed by atoms with E-state index in [0.29, 0.717) is 44.4 Å². The molecule has 120 valence electrons. The molecular weight excluding hydrogens is 274 g/mol. The van der Waals surface area contributed by atoms with Gasteiger partial charge in [0.15, 0.2) is 5.82 Å². The number of methoxy groups -OCH3 is 2. The van der Waals surface area contributed by atoms with Crippen LogP contribution >= 0.6 is 0 Å². The summed E-state index contributed by atoms with van der Waals surface area (Å²) >= 11 is 0. The molecule has 0 unspecified atom stereocenters. The van der Waals surface area contributed by atoms with Crippen LogP contribution in [0.25, 0.3) is 0 Å². The zero-order valence-electron chi connectivity index (χ0n) is 13.5. The lowest BCUT2D eigenvalue weighted by molar-refractivity contribution is -0.141. The van der Waals surface area contributed by atoms with Crippen LogP contribution in [0.4, 0.5) is 0 Å². The van der Waals surface area contributed by atoms with E-state index in [1.165, 1.54) is 7.11 Å². The summed E-state index contributed by atoms with van der Waals surface area (Å²) in [6, 6.07) is 0. The Kier molecular flexibility index (Phi) is 6.77. The molecule has 0 saturated heterocycles. The highest BCUT2D eigenvalue weighted by molar-refractivity contribution is 5.69. The Morgan fingerprint density at radius 2 is 2.00 bits per heavy atom. The minimum Gasteiger partial charge on any atom is -0.469 e. The summed E-state index contributed by atoms with van der Waals surface area (Å²) in [5.74, 6) is 0.983. The third kappa shape index (κ3) is 6.22. The van der Waals surface area contributed by atoms with E-state index in [4.69, 9.17) is 9.26 Å². The van der Waals surface area contributed by atoms with E-state index in [9.17, 15) is 4.79 Å². The lowest BCUT2D eigenvalue weighted by Crippen LogP contribution is -2.29. The van der Waals surface area contributed by atoms with Crippen molar-refractivity contribution < 1.29 is 18.8 Å². The molecular formula is C14H25N3O4. The number of esters is 1. The first-order valence-electron chi connectivity index (χ1n) is 6.98. The molecule has 0 radical (unpaired) electrons. The minimum atomic E-state index is -0.238. The van der Waals surface area contributed by atoms with Crippen molar-refractivity contribution in [2.24, 2.45) is 0 Å². The maximum Gasteiger partial charge on any atom is 0.306 e. The summed E-state index contributed by atoms with van der Waals surface area (Å²) in [5.41, 5.74) is -0.148. The third-order valence-corrected chi connectivity index (χ3v) is 2.97. The van der Waals surface area contributed by atoms with Gasteiger partial charge in [0.25, 0.3) is 0 Å². The van der Waals surface area contributed by atoms with Gasteiger partial charge in [0.1, 0.15) is 0 Å². The summed E-state index contributed by atoms with van der Waals surface area (Å²) in [5, 5.41) is 4.00. The summed E-state index contributed by atoms with van der Waals surface area (Å²) in [6.45, 7) is 8.39. The molecule has 0 spiro atoms. The van der Waals surface area contributed by atoms with Crippen LogP contribution in [0.2, 0.25) is 0 Å². The van der Waals surface area contributed by atoms with Crippen molar-refractivity contribution in [1.82, 2.24) is 15.0 Å². The Morgan fingerprint density at radius 3 is 2.52 bits per heavy atom. The van der Waals surface area contributed by atoms with Crippen molar-refractivity contribution in [3.63, 3.8) is 0 Å². The van der Waals surface area contributed by atoms with Crippen molar-refractivity contribution in [1.29, 1.82) is 0 Å². The maximum absolute atomic E-state index is 11.2. The number of carbonyl (C=O) groups excluding carboxylic acids is 1. The smallest absolute Gasteiger partial charge is 0.306 e. The lowest BCUT2D eigenvalue weighted by Gasteiger charge is -2.19. The second kappa shape index (κ2) is 8.09. The summed E-state index contributed by atoms with van der Waals surface area (Å²) in [6.07, 6.45) is 0.320. The van der Waals surface area contributed by atoms with Crippen LogP contribution in [0.15, 0.2) is 4.52 Å². The van der Waals surface area contributed by atoms with Gasteiger partial charge < -0.3 is 14.0 Å². The third-order valence-electron chi connectivity index (χ3n) is 2.97. The van der Waals surface area contributed by atoms with E-state index in [2.05, 4.69) is 14.9 Å². The van der Waals surface area contributed by atoms with Crippen LogP contribution in [-0.4, -0.2) is 54.9 Å². The van der Waals surface area contributed by atoms with Crippen LogP contribution in [0.5, 0.6) is 0 Å². The van der Waals surface area contributed by atoms with Gasteiger partial charge in [-0.3, -0.25) is 9.69 Å². The first-order valence-corrected chi connectivity index (χ1v) is 6.98. The molecule has 7 heteroatoms. The van der Waals surface area contributed by atoms with Crippen molar-refractivity contribution in [3.05, 3.63) is 11.7 Å². The fraction of sp³-hybridized carbons (Fsp3) is 0.786. The topological polar surface area (TPSA) is 77.7 Å². The molecule has 1 rings (SSSR count). The Labute approximate surface area is 125 Å². The fourth-order valence-electron chi connectivity index (χ4n) is 1.66. The van der Waals surface area contributed by atoms with Crippen molar-refractivity contribution >= 4 is 5.97 Å². The number of aromatic nitrogens is 2. The molecule has 0 atom stereocenters. The predicted octanol–water partition coefficient (Wildman–Crippen LogP) is 1.38. The van der Waals surface area contributed by atoms with Gasteiger partial charge in [-0.1, -0.05) is 25.9 Å². The lowest BCUT2D eigenvalue weighted by atomic mass is 9.96. The number of rotatable bonds is 8. The molecule has 1 heterocycles. The van der Waals surface area contributed by atoms with Gasteiger partial charge >= 0.3 is 5.97 Å². The van der Waals surface area contributed by atoms with Gasteiger partial charge in [-0.05, 0) is 0 Å². The maximum atomic E-state index is 11.2. The Balaban J connectivity index is 2.62. The standard InChI is InChI=1S/C14H25N3O4/c1-14(2,3)13-15-11(21-16-13)10-17(8-9-19-4)7-6-12(18)20-5/h6-10H2,1-5H3. The van der Waals surface area contributed by atoms with Crippen molar-refractivity contribution in [2.45, 2.75) is 39.2 Å². The van der Waals surface area contributed by atoms with Gasteiger partial charge in [0.2, 0.25) is 5.89 Å². The monoisotopic (exact) mass is 299 g/mol. The molecule has 0 fully saturated rings. The molecule has 21 heavy (non-hydrogen) atoms. The highest BCUT2D eigenvalue weighted by atomic mass is 16.5. The van der Waals surface area contributed by atoms with Crippen LogP contribution in [0.3, 0.4) is 0 Å². The molecule has 0 N–H and O–H groups in total. The van der Waals surface area contributed by atoms with Crippen LogP contribution in [0.1, 0.15) is 38.9 Å². The summed E-state index contributed by atoms with van der Waals surface area (Å²) < 4.78 is 15.0. The molecule has 0 saturated carbocycles. The largest absolute Gasteiger partial charge is 0.469 e. The number of hydrogen-bond acceptors (Lipinski definition) is 7. The number of nitrogens with zero attached hydrogens (tertiary/aromatic N) is 3. The average Bonchev–Trinajstić information content (AvgIpc) is 2.89. The Morgan fingerprint density at radius 1 is 1.29 bits per heavy atom. The van der Waals surface area contributed by atoms with E-state index >= 15 is 0 Å². The Bertz CT molecular complexity index is 440. The molecule has 1 aromatic heterocycles. The first-order chi connectivity index (χ1) is 9.86. The van der Waals surface area contributed by atoms with E-state index in [-0.39, 0.29) is 11.4 Å². The minimum absolute atomic E-state index is 0.148. The van der Waals surface area contributed by atoms with E-state index in [1.807, 2.05) is 25.7 Å². The SMILES string of the molecule is COCCN(CCC(=O)OC)Cc1nc(C(C)(C)C)no1. The van der Waals surface area contributed by atoms with Gasteiger partial charge in [-0.2, -0.15) is 4.98 Å². The summed E-state index contributed by atoms with van der Waals surface area (Å²) in [4.78, 5) is 17.7. The molecule has 0 aliphatic rings. The van der Waals surface area contributed by atoms with Crippen LogP contribution in [-0.2, 0) is 26.2 Å². The number of ether oxygens (including phenoxy) is 2. The van der Waals surface area contributed by atoms with Gasteiger partial charge in [0.05, 0.1) is 26.7 Å². The first kappa shape index (κ1) is 17.6. The van der Waals surface area contributed by atoms with E-state index in [0.717, 1.165) is 0 Å². The van der Waals surface area contributed by atoms with Crippen molar-refractivity contribution in [3.8, 4) is 0 Å². The second-order valence-electron chi connectivity index (χ2n) is 5.86. The molecule has 7 nitrogen and oxygen atoms in total. The zero-order valence-corrected chi connectivity index (χ0v) is 13.5. The second-order valence-corrected chi connectivity index (χ2v) is 5.86. The molecule has 0 aromatic carbocycles. The quantitative estimate of drug-likeness (QED) is 0.671. The molecule has 0 aliphatic heterocycles. The zero-order chi connectivity index (χ0) is 15.9.